The van der Waals surface area contributed by atoms with E-state index < -0.39 is 0 Å². The molecule has 3 rings (SSSR count). The second kappa shape index (κ2) is 10.7. The lowest BCUT2D eigenvalue weighted by molar-refractivity contribution is 0.185. The van der Waals surface area contributed by atoms with Gasteiger partial charge < -0.3 is 4.74 Å². The molecule has 0 spiro atoms. The highest BCUT2D eigenvalue weighted by molar-refractivity contribution is 8.00. The summed E-state index contributed by atoms with van der Waals surface area (Å²) < 4.78 is 7.37. The highest BCUT2D eigenvalue weighted by atomic mass is 35.5. The van der Waals surface area contributed by atoms with Crippen molar-refractivity contribution >= 4 is 35.1 Å². The molecule has 2 heterocycles. The Labute approximate surface area is 172 Å². The van der Waals surface area contributed by atoms with Crippen LogP contribution in [0.1, 0.15) is 6.42 Å². The van der Waals surface area contributed by atoms with Crippen molar-refractivity contribution in [1.29, 1.82) is 0 Å². The summed E-state index contributed by atoms with van der Waals surface area (Å²) in [7, 11) is 1.70. The molecule has 1 aromatic carbocycles. The Balaban J connectivity index is 1.58. The van der Waals surface area contributed by atoms with Gasteiger partial charge in [-0.3, -0.25) is 9.55 Å². The third-order valence-corrected chi connectivity index (χ3v) is 6.44. The second-order valence-corrected chi connectivity index (χ2v) is 8.27. The minimum Gasteiger partial charge on any atom is -0.383 e. The molecule has 0 fully saturated rings. The van der Waals surface area contributed by atoms with Gasteiger partial charge >= 0.3 is 0 Å². The summed E-state index contributed by atoms with van der Waals surface area (Å²) in [6, 6.07) is 11.8. The van der Waals surface area contributed by atoms with Gasteiger partial charge in [0.25, 0.3) is 0 Å². The smallest absolute Gasteiger partial charge is 0.191 e. The Morgan fingerprint density at radius 1 is 1.04 bits per heavy atom. The summed E-state index contributed by atoms with van der Waals surface area (Å²) in [4.78, 5) is 5.20. The number of halogens is 1. The van der Waals surface area contributed by atoms with Crippen molar-refractivity contribution in [3.05, 3.63) is 53.8 Å². The fourth-order valence-corrected chi connectivity index (χ4v) is 4.74. The molecule has 2 aromatic heterocycles. The summed E-state index contributed by atoms with van der Waals surface area (Å²) in [5, 5.41) is 10.5. The summed E-state index contributed by atoms with van der Waals surface area (Å²) in [6.45, 7) is 1.34. The molecule has 3 aromatic rings. The first-order chi connectivity index (χ1) is 13.3. The van der Waals surface area contributed by atoms with Crippen molar-refractivity contribution in [2.45, 2.75) is 23.0 Å². The lowest BCUT2D eigenvalue weighted by atomic mass is 10.2. The quantitative estimate of drug-likeness (QED) is 0.343. The van der Waals surface area contributed by atoms with Gasteiger partial charge in [0, 0.05) is 35.7 Å². The molecule has 0 N–H and O–H groups in total. The van der Waals surface area contributed by atoms with E-state index in [9.17, 15) is 0 Å². The van der Waals surface area contributed by atoms with Gasteiger partial charge in [0.15, 0.2) is 11.0 Å². The monoisotopic (exact) mass is 420 g/mol. The molecule has 0 aliphatic heterocycles. The second-order valence-electron chi connectivity index (χ2n) is 5.67. The van der Waals surface area contributed by atoms with Crippen LogP contribution in [0.2, 0.25) is 5.02 Å². The number of hydrogen-bond acceptors (Lipinski definition) is 6. The zero-order chi connectivity index (χ0) is 18.9. The average molecular weight is 421 g/mol. The number of benzene rings is 1. The van der Waals surface area contributed by atoms with Crippen LogP contribution in [0.25, 0.3) is 11.4 Å². The molecular formula is C19H21ClN4OS2. The maximum Gasteiger partial charge on any atom is 0.191 e. The van der Waals surface area contributed by atoms with Crippen LogP contribution >= 0.6 is 35.1 Å². The number of nitrogens with zero attached hydrogens (tertiary/aromatic N) is 4. The van der Waals surface area contributed by atoms with E-state index in [4.69, 9.17) is 16.3 Å². The lowest BCUT2D eigenvalue weighted by Gasteiger charge is -2.09. The molecule has 0 aliphatic rings. The van der Waals surface area contributed by atoms with Crippen LogP contribution in [0.3, 0.4) is 0 Å². The molecule has 0 bridgehead atoms. The Morgan fingerprint density at radius 2 is 1.81 bits per heavy atom. The number of pyridine rings is 1. The van der Waals surface area contributed by atoms with Gasteiger partial charge in [-0.2, -0.15) is 0 Å². The van der Waals surface area contributed by atoms with Gasteiger partial charge in [0.05, 0.1) is 18.2 Å². The molecule has 5 nitrogen and oxygen atoms in total. The molecule has 0 amide bonds. The number of thioether (sulfide) groups is 2. The average Bonchev–Trinajstić information content (AvgIpc) is 3.11. The van der Waals surface area contributed by atoms with Gasteiger partial charge in [-0.1, -0.05) is 35.5 Å². The Kier molecular flexibility index (Phi) is 8.01. The zero-order valence-corrected chi connectivity index (χ0v) is 17.4. The van der Waals surface area contributed by atoms with E-state index in [-0.39, 0.29) is 0 Å². The van der Waals surface area contributed by atoms with E-state index in [0.717, 1.165) is 50.9 Å². The number of methoxy groups -OCH3 is 1. The first-order valence-electron chi connectivity index (χ1n) is 8.62. The van der Waals surface area contributed by atoms with Crippen molar-refractivity contribution in [2.75, 3.05) is 25.2 Å². The van der Waals surface area contributed by atoms with Crippen molar-refractivity contribution in [3.8, 4) is 11.4 Å². The molecule has 0 saturated heterocycles. The minimum absolute atomic E-state index is 0.617. The van der Waals surface area contributed by atoms with Crippen molar-refractivity contribution in [3.63, 3.8) is 0 Å². The van der Waals surface area contributed by atoms with Gasteiger partial charge in [-0.15, -0.1) is 22.0 Å². The fourth-order valence-electron chi connectivity index (χ4n) is 2.46. The molecule has 0 saturated carbocycles. The van der Waals surface area contributed by atoms with Gasteiger partial charge in [0.1, 0.15) is 0 Å². The van der Waals surface area contributed by atoms with Crippen molar-refractivity contribution in [1.82, 2.24) is 19.7 Å². The number of hydrogen-bond donors (Lipinski definition) is 0. The first kappa shape index (κ1) is 20.2. The topological polar surface area (TPSA) is 52.8 Å². The van der Waals surface area contributed by atoms with E-state index in [1.165, 1.54) is 0 Å². The van der Waals surface area contributed by atoms with Gasteiger partial charge in [-0.05, 0) is 36.4 Å². The summed E-state index contributed by atoms with van der Waals surface area (Å²) in [6.07, 6.45) is 4.59. The number of aromatic nitrogens is 4. The third kappa shape index (κ3) is 5.72. The zero-order valence-electron chi connectivity index (χ0n) is 15.0. The highest BCUT2D eigenvalue weighted by Crippen LogP contribution is 2.28. The van der Waals surface area contributed by atoms with E-state index in [1.807, 2.05) is 30.3 Å². The van der Waals surface area contributed by atoms with Crippen LogP contribution in [0.5, 0.6) is 0 Å². The molecule has 8 heteroatoms. The Hall–Kier alpha value is -1.54. The normalized spacial score (nSPS) is 11.0. The van der Waals surface area contributed by atoms with E-state index >= 15 is 0 Å². The molecule has 27 heavy (non-hydrogen) atoms. The maximum atomic E-state index is 6.20. The molecule has 0 atom stereocenters. The third-order valence-electron chi connectivity index (χ3n) is 3.79. The lowest BCUT2D eigenvalue weighted by Crippen LogP contribution is -2.07. The largest absolute Gasteiger partial charge is 0.383 e. The fraction of sp³-hybridized carbons (Fsp3) is 0.316. The number of rotatable bonds is 10. The van der Waals surface area contributed by atoms with Crippen LogP contribution in [0, 0.1) is 0 Å². The highest BCUT2D eigenvalue weighted by Gasteiger charge is 2.14. The van der Waals surface area contributed by atoms with Crippen molar-refractivity contribution in [2.24, 2.45) is 0 Å². The van der Waals surface area contributed by atoms with Crippen LogP contribution in [-0.2, 0) is 11.3 Å². The van der Waals surface area contributed by atoms with Crippen LogP contribution in [0.15, 0.2) is 58.8 Å². The summed E-state index contributed by atoms with van der Waals surface area (Å²) in [5.41, 5.74) is 1.01. The maximum absolute atomic E-state index is 6.20. The standard InChI is InChI=1S/C19H21ClN4OS2/c1-25-12-11-24-18(15-7-9-21-10-8-15)22-23-19(24)27-14-4-13-26-17-6-3-2-5-16(17)20/h2-3,5-10H,4,11-14H2,1H3. The minimum atomic E-state index is 0.617. The summed E-state index contributed by atoms with van der Waals surface area (Å²) >= 11 is 9.71. The van der Waals surface area contributed by atoms with Crippen LogP contribution in [-0.4, -0.2) is 45.0 Å². The predicted octanol–water partition coefficient (Wildman–Crippen LogP) is 4.91. The molecule has 142 valence electrons. The summed E-state index contributed by atoms with van der Waals surface area (Å²) in [5.74, 6) is 2.83. The molecule has 0 unspecified atom stereocenters. The van der Waals surface area contributed by atoms with E-state index in [1.54, 1.807) is 43.0 Å². The predicted molar refractivity (Wildman–Crippen MR) is 113 cm³/mol. The van der Waals surface area contributed by atoms with Crippen LogP contribution in [0.4, 0.5) is 0 Å². The molecular weight excluding hydrogens is 400 g/mol. The van der Waals surface area contributed by atoms with Gasteiger partial charge in [0.2, 0.25) is 0 Å². The Bertz CT molecular complexity index is 845. The molecule has 0 radical (unpaired) electrons. The Morgan fingerprint density at radius 3 is 2.59 bits per heavy atom. The molecule has 0 aliphatic carbocycles. The van der Waals surface area contributed by atoms with E-state index in [2.05, 4.69) is 25.8 Å². The first-order valence-corrected chi connectivity index (χ1v) is 11.0. The van der Waals surface area contributed by atoms with Crippen LogP contribution < -0.4 is 0 Å². The SMILES string of the molecule is COCCn1c(SCCCSc2ccccc2Cl)nnc1-c1ccncc1. The van der Waals surface area contributed by atoms with Gasteiger partial charge in [-0.25, -0.2) is 0 Å². The van der Waals surface area contributed by atoms with E-state index in [0.29, 0.717) is 6.61 Å². The van der Waals surface area contributed by atoms with Crippen molar-refractivity contribution < 1.29 is 4.74 Å². The number of ether oxygens (including phenoxy) is 1.